The van der Waals surface area contributed by atoms with E-state index in [1.54, 1.807) is 26.0 Å². The molecular weight excluding hydrogens is 548 g/mol. The maximum Gasteiger partial charge on any atom is 0.183 e. The lowest BCUT2D eigenvalue weighted by Crippen LogP contribution is -2.38. The second-order valence-electron chi connectivity index (χ2n) is 12.5. The van der Waals surface area contributed by atoms with E-state index in [4.69, 9.17) is 4.74 Å². The Morgan fingerprint density at radius 2 is 1.60 bits per heavy atom. The molecule has 4 N–H and O–H groups in total. The van der Waals surface area contributed by atoms with Crippen molar-refractivity contribution in [1.29, 1.82) is 0 Å². The normalized spacial score (nSPS) is 19.7. The molecule has 2 aliphatic rings. The van der Waals surface area contributed by atoms with Crippen LogP contribution in [-0.2, 0) is 16.0 Å². The summed E-state index contributed by atoms with van der Waals surface area (Å²) in [5.74, 6) is -3.90. The van der Waals surface area contributed by atoms with Crippen LogP contribution in [0.5, 0.6) is 17.2 Å². The van der Waals surface area contributed by atoms with Gasteiger partial charge in [-0.1, -0.05) is 30.2 Å². The van der Waals surface area contributed by atoms with Crippen molar-refractivity contribution in [3.8, 4) is 17.2 Å². The fourth-order valence-electron chi connectivity index (χ4n) is 5.41. The van der Waals surface area contributed by atoms with Crippen molar-refractivity contribution in [2.45, 2.75) is 99.5 Å². The standard InChI is InChI=1S/C35H44O8/c1-9-11-25(37)27-29(39)23(28(38)22-15-16-34(6,7)43-31(22)27)18-24-30(40)26(21(5)36)33(42)35(8,32(24)41)17-14-20(4)13-10-12-19(2)3/h12,14-16,38-41H,9-11,13,17-18H2,1-8H3/b20-14-. The number of carbonyl (C=O) groups excluding carboxylic acids is 3. The molecule has 232 valence electrons. The van der Waals surface area contributed by atoms with E-state index in [1.807, 2.05) is 33.8 Å². The number of aliphatic hydroxyl groups excluding tert-OH is 2. The molecule has 1 aliphatic heterocycles. The molecule has 0 fully saturated rings. The molecule has 1 unspecified atom stereocenters. The van der Waals surface area contributed by atoms with Gasteiger partial charge in [-0.05, 0) is 86.3 Å². The molecule has 1 heterocycles. The van der Waals surface area contributed by atoms with Crippen LogP contribution in [0.15, 0.2) is 52.0 Å². The highest BCUT2D eigenvalue weighted by Crippen LogP contribution is 2.50. The van der Waals surface area contributed by atoms with Gasteiger partial charge in [-0.3, -0.25) is 14.4 Å². The summed E-state index contributed by atoms with van der Waals surface area (Å²) in [6, 6.07) is 0. The van der Waals surface area contributed by atoms with Gasteiger partial charge in [-0.2, -0.15) is 0 Å². The van der Waals surface area contributed by atoms with Gasteiger partial charge in [-0.15, -0.1) is 0 Å². The molecule has 1 aromatic rings. The van der Waals surface area contributed by atoms with Gasteiger partial charge in [0.25, 0.3) is 0 Å². The Hall–Kier alpha value is -4.07. The van der Waals surface area contributed by atoms with Crippen molar-refractivity contribution >= 4 is 23.4 Å². The molecule has 0 aromatic heterocycles. The number of Topliss-reactive ketones (excluding diaryl/α,β-unsaturated/α-hetero) is 3. The monoisotopic (exact) mass is 592 g/mol. The third kappa shape index (κ3) is 6.63. The first-order valence-corrected chi connectivity index (χ1v) is 14.7. The molecule has 0 spiro atoms. The minimum atomic E-state index is -1.59. The van der Waals surface area contributed by atoms with Crippen LogP contribution in [0.2, 0.25) is 0 Å². The summed E-state index contributed by atoms with van der Waals surface area (Å²) in [7, 11) is 0. The van der Waals surface area contributed by atoms with Crippen LogP contribution in [0, 0.1) is 5.41 Å². The average molecular weight is 593 g/mol. The number of ketones is 3. The number of benzene rings is 1. The molecule has 1 aliphatic carbocycles. The van der Waals surface area contributed by atoms with Crippen LogP contribution in [0.25, 0.3) is 6.08 Å². The molecule has 8 nitrogen and oxygen atoms in total. The molecule has 3 rings (SSSR count). The van der Waals surface area contributed by atoms with Crippen LogP contribution in [-0.4, -0.2) is 43.4 Å². The average Bonchev–Trinajstić information content (AvgIpc) is 2.90. The lowest BCUT2D eigenvalue weighted by atomic mass is 9.70. The zero-order valence-corrected chi connectivity index (χ0v) is 26.5. The largest absolute Gasteiger partial charge is 0.511 e. The molecule has 0 bridgehead atoms. The number of ether oxygens (including phenoxy) is 1. The second kappa shape index (κ2) is 12.7. The van der Waals surface area contributed by atoms with Crippen molar-refractivity contribution in [2.75, 3.05) is 0 Å². The minimum Gasteiger partial charge on any atom is -0.511 e. The van der Waals surface area contributed by atoms with Gasteiger partial charge in [0.1, 0.15) is 45.5 Å². The van der Waals surface area contributed by atoms with Crippen molar-refractivity contribution in [1.82, 2.24) is 0 Å². The summed E-state index contributed by atoms with van der Waals surface area (Å²) in [4.78, 5) is 39.4. The number of phenolic OH excluding ortho intramolecular Hbond substituents is 2. The zero-order chi connectivity index (χ0) is 32.4. The number of aliphatic hydroxyl groups is 2. The summed E-state index contributed by atoms with van der Waals surface area (Å²) < 4.78 is 6.01. The highest BCUT2D eigenvalue weighted by Gasteiger charge is 2.47. The van der Waals surface area contributed by atoms with Crippen molar-refractivity contribution in [2.24, 2.45) is 5.41 Å². The topological polar surface area (TPSA) is 141 Å². The van der Waals surface area contributed by atoms with E-state index in [0.717, 1.165) is 25.3 Å². The second-order valence-corrected chi connectivity index (χ2v) is 12.5. The van der Waals surface area contributed by atoms with Crippen molar-refractivity contribution in [3.05, 3.63) is 68.7 Å². The van der Waals surface area contributed by atoms with Gasteiger partial charge in [-0.25, -0.2) is 0 Å². The smallest absolute Gasteiger partial charge is 0.183 e. The van der Waals surface area contributed by atoms with Gasteiger partial charge in [0.2, 0.25) is 0 Å². The van der Waals surface area contributed by atoms with Crippen LogP contribution in [0.1, 0.15) is 109 Å². The summed E-state index contributed by atoms with van der Waals surface area (Å²) >= 11 is 0. The van der Waals surface area contributed by atoms with E-state index >= 15 is 0 Å². The summed E-state index contributed by atoms with van der Waals surface area (Å²) in [5.41, 5.74) is -0.955. The molecule has 43 heavy (non-hydrogen) atoms. The van der Waals surface area contributed by atoms with Gasteiger partial charge in [0, 0.05) is 24.0 Å². The Labute approximate surface area is 253 Å². The van der Waals surface area contributed by atoms with Gasteiger partial charge in [0.05, 0.1) is 11.0 Å². The van der Waals surface area contributed by atoms with E-state index in [1.165, 1.54) is 12.5 Å². The van der Waals surface area contributed by atoms with E-state index in [9.17, 15) is 34.8 Å². The fourth-order valence-corrected chi connectivity index (χ4v) is 5.41. The molecule has 1 aromatic carbocycles. The minimum absolute atomic E-state index is 0.0458. The maximum atomic E-state index is 13.6. The van der Waals surface area contributed by atoms with Crippen LogP contribution < -0.4 is 4.74 Å². The number of allylic oxidation sites excluding steroid dienone is 7. The Kier molecular flexibility index (Phi) is 9.84. The van der Waals surface area contributed by atoms with Crippen molar-refractivity contribution < 1.29 is 39.5 Å². The van der Waals surface area contributed by atoms with Gasteiger partial charge < -0.3 is 25.2 Å². The number of aromatic hydroxyl groups is 2. The maximum absolute atomic E-state index is 13.6. The quantitative estimate of drug-likeness (QED) is 0.116. The van der Waals surface area contributed by atoms with Crippen LogP contribution in [0.4, 0.5) is 0 Å². The number of hydrogen-bond donors (Lipinski definition) is 4. The fraction of sp³-hybridized carbons (Fsp3) is 0.457. The highest BCUT2D eigenvalue weighted by molar-refractivity contribution is 6.23. The van der Waals surface area contributed by atoms with E-state index < -0.39 is 63.4 Å². The third-order valence-electron chi connectivity index (χ3n) is 8.02. The molecule has 0 radical (unpaired) electrons. The van der Waals surface area contributed by atoms with E-state index in [0.29, 0.717) is 6.42 Å². The predicted molar refractivity (Wildman–Crippen MR) is 167 cm³/mol. The first kappa shape index (κ1) is 33.4. The third-order valence-corrected chi connectivity index (χ3v) is 8.02. The molecule has 0 saturated heterocycles. The van der Waals surface area contributed by atoms with Crippen LogP contribution >= 0.6 is 0 Å². The van der Waals surface area contributed by atoms with Crippen LogP contribution in [0.3, 0.4) is 0 Å². The zero-order valence-electron chi connectivity index (χ0n) is 26.5. The lowest BCUT2D eigenvalue weighted by Gasteiger charge is -2.34. The first-order valence-electron chi connectivity index (χ1n) is 14.7. The number of phenols is 2. The Morgan fingerprint density at radius 1 is 0.953 bits per heavy atom. The summed E-state index contributed by atoms with van der Waals surface area (Å²) in [5, 5.41) is 45.5. The molecule has 8 heteroatoms. The number of rotatable bonds is 11. The summed E-state index contributed by atoms with van der Waals surface area (Å²) in [6.45, 7) is 14.0. The SMILES string of the molecule is CCCC(=O)c1c(O)c(CC2=C(O)C(C)(C/C=C(/C)CCC=C(C)C)C(=O)C(C(C)=O)=C2O)c(O)c2c1OC(C)(C)C=C2. The molecule has 0 saturated carbocycles. The Morgan fingerprint density at radius 3 is 2.19 bits per heavy atom. The molecule has 1 atom stereocenters. The Bertz CT molecular complexity index is 1510. The van der Waals surface area contributed by atoms with E-state index in [2.05, 4.69) is 6.08 Å². The number of carbonyl (C=O) groups is 3. The van der Waals surface area contributed by atoms with Crippen molar-refractivity contribution in [3.63, 3.8) is 0 Å². The Balaban J connectivity index is 2.21. The lowest BCUT2D eigenvalue weighted by molar-refractivity contribution is -0.127. The molecular formula is C35H44O8. The van der Waals surface area contributed by atoms with E-state index in [-0.39, 0.29) is 40.9 Å². The highest BCUT2D eigenvalue weighted by atomic mass is 16.5. The number of fused-ring (bicyclic) bond motifs is 1. The first-order chi connectivity index (χ1) is 20.0. The molecule has 0 amide bonds. The van der Waals surface area contributed by atoms with Gasteiger partial charge >= 0.3 is 0 Å². The summed E-state index contributed by atoms with van der Waals surface area (Å²) in [6.07, 6.45) is 9.00. The predicted octanol–water partition coefficient (Wildman–Crippen LogP) is 7.69. The van der Waals surface area contributed by atoms with Gasteiger partial charge in [0.15, 0.2) is 17.3 Å². The number of hydrogen-bond acceptors (Lipinski definition) is 8.